The normalized spacial score (nSPS) is 10.8. The van der Waals surface area contributed by atoms with E-state index < -0.39 is 0 Å². The van der Waals surface area contributed by atoms with Crippen molar-refractivity contribution in [3.63, 3.8) is 0 Å². The molecule has 2 N–H and O–H groups in total. The van der Waals surface area contributed by atoms with Crippen LogP contribution in [0.5, 0.6) is 11.5 Å². The third-order valence-corrected chi connectivity index (χ3v) is 4.35. The smallest absolute Gasteiger partial charge is 0.175 e. The molecule has 0 aliphatic rings. The fraction of sp³-hybridized carbons (Fsp3) is 0.400. The maximum atomic E-state index is 13.0. The molecule has 2 rings (SSSR count). The molecule has 0 radical (unpaired) electrons. The van der Waals surface area contributed by atoms with E-state index in [-0.39, 0.29) is 12.4 Å². The summed E-state index contributed by atoms with van der Waals surface area (Å²) in [4.78, 5) is 0. The molecule has 142 valence electrons. The lowest BCUT2D eigenvalue weighted by Gasteiger charge is -2.16. The van der Waals surface area contributed by atoms with Crippen molar-refractivity contribution < 1.29 is 19.0 Å². The van der Waals surface area contributed by atoms with Crippen molar-refractivity contribution in [1.29, 1.82) is 0 Å². The van der Waals surface area contributed by atoms with Gasteiger partial charge in [0.2, 0.25) is 0 Å². The van der Waals surface area contributed by atoms with E-state index >= 15 is 0 Å². The van der Waals surface area contributed by atoms with Gasteiger partial charge in [-0.3, -0.25) is 0 Å². The van der Waals surface area contributed by atoms with E-state index in [1.54, 1.807) is 12.1 Å². The van der Waals surface area contributed by atoms with Gasteiger partial charge in [0.05, 0.1) is 11.1 Å². The number of rotatable bonds is 11. The molecule has 6 heteroatoms. The molecule has 0 unspecified atom stereocenters. The van der Waals surface area contributed by atoms with Crippen LogP contribution >= 0.6 is 15.9 Å². The highest BCUT2D eigenvalue weighted by Gasteiger charge is 2.12. The number of aliphatic hydroxyl groups excluding tert-OH is 1. The van der Waals surface area contributed by atoms with E-state index in [1.165, 1.54) is 12.1 Å². The standard InChI is InChI=1S/C20H25BrFNO3/c1-2-25-19-12-16(13-23-9-3-4-10-24)11-18(21)20(19)26-14-15-5-7-17(22)8-6-15/h5-8,11-12,23-24H,2-4,9-10,13-14H2,1H3. The molecule has 0 saturated carbocycles. The fourth-order valence-corrected chi connectivity index (χ4v) is 3.06. The topological polar surface area (TPSA) is 50.7 Å². The van der Waals surface area contributed by atoms with Crippen molar-refractivity contribution in [2.24, 2.45) is 0 Å². The zero-order valence-electron chi connectivity index (χ0n) is 14.9. The van der Waals surface area contributed by atoms with Crippen molar-refractivity contribution in [3.8, 4) is 11.5 Å². The van der Waals surface area contributed by atoms with Crippen molar-refractivity contribution in [1.82, 2.24) is 5.32 Å². The summed E-state index contributed by atoms with van der Waals surface area (Å²) in [6.45, 7) is 4.58. The predicted molar refractivity (Wildman–Crippen MR) is 104 cm³/mol. The van der Waals surface area contributed by atoms with Crippen molar-refractivity contribution in [3.05, 3.63) is 57.8 Å². The monoisotopic (exact) mass is 425 g/mol. The first kappa shape index (κ1) is 20.7. The maximum Gasteiger partial charge on any atom is 0.175 e. The first-order valence-electron chi connectivity index (χ1n) is 8.78. The molecular formula is C20H25BrFNO3. The molecule has 0 atom stereocenters. The molecule has 0 fully saturated rings. The van der Waals surface area contributed by atoms with E-state index in [0.717, 1.165) is 35.0 Å². The zero-order chi connectivity index (χ0) is 18.8. The van der Waals surface area contributed by atoms with E-state index in [1.807, 2.05) is 19.1 Å². The summed E-state index contributed by atoms with van der Waals surface area (Å²) in [7, 11) is 0. The van der Waals surface area contributed by atoms with Gasteiger partial charge in [0.15, 0.2) is 11.5 Å². The molecule has 0 aliphatic carbocycles. The lowest BCUT2D eigenvalue weighted by molar-refractivity contribution is 0.267. The van der Waals surface area contributed by atoms with Crippen molar-refractivity contribution in [2.75, 3.05) is 19.8 Å². The van der Waals surface area contributed by atoms with Crippen LogP contribution in [0.2, 0.25) is 0 Å². The third-order valence-electron chi connectivity index (χ3n) is 3.76. The second kappa shape index (κ2) is 11.2. The minimum atomic E-state index is -0.263. The SMILES string of the molecule is CCOc1cc(CNCCCCO)cc(Br)c1OCc1ccc(F)cc1. The number of unbranched alkanes of at least 4 members (excludes halogenated alkanes) is 1. The lowest BCUT2D eigenvalue weighted by atomic mass is 10.2. The Morgan fingerprint density at radius 1 is 1.08 bits per heavy atom. The Hall–Kier alpha value is -1.63. The molecule has 2 aromatic carbocycles. The van der Waals surface area contributed by atoms with Crippen molar-refractivity contribution >= 4 is 15.9 Å². The highest BCUT2D eigenvalue weighted by Crippen LogP contribution is 2.37. The van der Waals surface area contributed by atoms with Crippen LogP contribution in [0.1, 0.15) is 30.9 Å². The quantitative estimate of drug-likeness (QED) is 0.522. The number of hydrogen-bond acceptors (Lipinski definition) is 4. The summed E-state index contributed by atoms with van der Waals surface area (Å²) in [5, 5.41) is 12.2. The summed E-state index contributed by atoms with van der Waals surface area (Å²) < 4.78 is 25.5. The summed E-state index contributed by atoms with van der Waals surface area (Å²) in [5.74, 6) is 1.05. The van der Waals surface area contributed by atoms with Crippen LogP contribution in [0.15, 0.2) is 40.9 Å². The van der Waals surface area contributed by atoms with Gasteiger partial charge in [-0.2, -0.15) is 0 Å². The lowest BCUT2D eigenvalue weighted by Crippen LogP contribution is -2.15. The molecule has 0 bridgehead atoms. The van der Waals surface area contributed by atoms with Crippen LogP contribution in [0, 0.1) is 5.82 Å². The Morgan fingerprint density at radius 3 is 2.54 bits per heavy atom. The number of nitrogens with one attached hydrogen (secondary N) is 1. The molecular weight excluding hydrogens is 401 g/mol. The van der Waals surface area contributed by atoms with Crippen LogP contribution in [-0.4, -0.2) is 24.9 Å². The summed E-state index contributed by atoms with van der Waals surface area (Å²) in [5.41, 5.74) is 1.97. The Kier molecular flexibility index (Phi) is 8.88. The first-order chi connectivity index (χ1) is 12.6. The van der Waals surface area contributed by atoms with Crippen LogP contribution in [0.4, 0.5) is 4.39 Å². The molecule has 26 heavy (non-hydrogen) atoms. The van der Waals surface area contributed by atoms with E-state index in [4.69, 9.17) is 14.6 Å². The van der Waals surface area contributed by atoms with Gasteiger partial charge in [-0.15, -0.1) is 0 Å². The van der Waals surface area contributed by atoms with Crippen LogP contribution < -0.4 is 14.8 Å². The molecule has 0 amide bonds. The average Bonchev–Trinajstić information content (AvgIpc) is 2.62. The minimum Gasteiger partial charge on any atom is -0.490 e. The molecule has 0 spiro atoms. The van der Waals surface area contributed by atoms with Crippen LogP contribution in [-0.2, 0) is 13.2 Å². The van der Waals surface area contributed by atoms with Gasteiger partial charge >= 0.3 is 0 Å². The first-order valence-corrected chi connectivity index (χ1v) is 9.57. The number of benzene rings is 2. The second-order valence-electron chi connectivity index (χ2n) is 5.86. The largest absolute Gasteiger partial charge is 0.490 e. The van der Waals surface area contributed by atoms with Gasteiger partial charge in [0, 0.05) is 13.2 Å². The highest BCUT2D eigenvalue weighted by atomic mass is 79.9. The summed E-state index contributed by atoms with van der Waals surface area (Å²) >= 11 is 3.56. The number of aliphatic hydroxyl groups is 1. The molecule has 0 aliphatic heterocycles. The van der Waals surface area contributed by atoms with Gasteiger partial charge in [0.1, 0.15) is 12.4 Å². The summed E-state index contributed by atoms with van der Waals surface area (Å²) in [6.07, 6.45) is 1.74. The molecule has 0 aromatic heterocycles. The Morgan fingerprint density at radius 2 is 1.85 bits per heavy atom. The van der Waals surface area contributed by atoms with Gasteiger partial charge in [0.25, 0.3) is 0 Å². The van der Waals surface area contributed by atoms with E-state index in [9.17, 15) is 4.39 Å². The van der Waals surface area contributed by atoms with E-state index in [2.05, 4.69) is 21.2 Å². The van der Waals surface area contributed by atoms with Crippen LogP contribution in [0.3, 0.4) is 0 Å². The minimum absolute atomic E-state index is 0.224. The zero-order valence-corrected chi connectivity index (χ0v) is 16.5. The average molecular weight is 426 g/mol. The van der Waals surface area contributed by atoms with Crippen LogP contribution in [0.25, 0.3) is 0 Å². The Labute approximate surface area is 162 Å². The van der Waals surface area contributed by atoms with Gasteiger partial charge in [-0.05, 0) is 77.6 Å². The Balaban J connectivity index is 2.03. The van der Waals surface area contributed by atoms with Gasteiger partial charge < -0.3 is 19.9 Å². The third kappa shape index (κ3) is 6.59. The molecule has 2 aromatic rings. The maximum absolute atomic E-state index is 13.0. The second-order valence-corrected chi connectivity index (χ2v) is 6.71. The molecule has 0 heterocycles. The molecule has 0 saturated heterocycles. The molecule has 4 nitrogen and oxygen atoms in total. The van der Waals surface area contributed by atoms with Crippen molar-refractivity contribution in [2.45, 2.75) is 32.9 Å². The number of hydrogen-bond donors (Lipinski definition) is 2. The van der Waals surface area contributed by atoms with Gasteiger partial charge in [-0.25, -0.2) is 4.39 Å². The Bertz CT molecular complexity index is 680. The number of halogens is 2. The predicted octanol–water partition coefficient (Wildman–Crippen LogP) is 4.43. The summed E-state index contributed by atoms with van der Waals surface area (Å²) in [6, 6.07) is 10.2. The fourth-order valence-electron chi connectivity index (χ4n) is 2.46. The van der Waals surface area contributed by atoms with E-state index in [0.29, 0.717) is 31.3 Å². The van der Waals surface area contributed by atoms with Gasteiger partial charge in [-0.1, -0.05) is 12.1 Å². The highest BCUT2D eigenvalue weighted by molar-refractivity contribution is 9.10. The number of ether oxygens (including phenoxy) is 2.